The van der Waals surface area contributed by atoms with Crippen LogP contribution in [-0.4, -0.2) is 27.5 Å². The number of nitrogens with zero attached hydrogens (tertiary/aromatic N) is 3. The number of carbonyl (C=O) groups excluding carboxylic acids is 1. The minimum atomic E-state index is -0.232. The quantitative estimate of drug-likeness (QED) is 0.244. The number of hydrogen-bond acceptors (Lipinski definition) is 4. The number of benzene rings is 2. The van der Waals surface area contributed by atoms with Crippen LogP contribution in [0.2, 0.25) is 0 Å². The van der Waals surface area contributed by atoms with Crippen molar-refractivity contribution in [1.82, 2.24) is 9.97 Å². The largest absolute Gasteiger partial charge is 0.369 e. The monoisotopic (exact) mass is 385 g/mol. The number of hydrogen-bond donors (Lipinski definition) is 4. The zero-order valence-electron chi connectivity index (χ0n) is 15.7. The molecule has 2 heterocycles. The number of amides is 1. The topological polar surface area (TPSA) is 135 Å². The number of H-pyrrole nitrogens is 1. The number of pyridine rings is 1. The molecule has 8 heteroatoms. The van der Waals surface area contributed by atoms with Crippen molar-refractivity contribution in [2.75, 3.05) is 5.32 Å². The van der Waals surface area contributed by atoms with Gasteiger partial charge >= 0.3 is 0 Å². The highest BCUT2D eigenvalue weighted by Gasteiger charge is 2.11. The Labute approximate surface area is 166 Å². The molecule has 4 rings (SSSR count). The smallest absolute Gasteiger partial charge is 0.272 e. The average Bonchev–Trinajstić information content (AvgIpc) is 3.15. The van der Waals surface area contributed by atoms with Gasteiger partial charge in [0.05, 0.1) is 11.2 Å². The second-order valence-electron chi connectivity index (χ2n) is 6.56. The zero-order valence-corrected chi connectivity index (χ0v) is 15.7. The van der Waals surface area contributed by atoms with Gasteiger partial charge in [-0.1, -0.05) is 18.2 Å². The average molecular weight is 385 g/mol. The molecule has 2 aromatic heterocycles. The van der Waals surface area contributed by atoms with Gasteiger partial charge in [0.25, 0.3) is 5.91 Å². The van der Waals surface area contributed by atoms with Gasteiger partial charge in [-0.15, -0.1) is 5.10 Å². The van der Waals surface area contributed by atoms with E-state index in [0.29, 0.717) is 17.1 Å². The standard InChI is InChI=1S/C21H19N7O/c1-12(27-28-21(22)23)14-5-7-17-15(9-14)10-19(26-17)20(29)25-16-6-4-13-3-2-8-24-18(13)11-16/h2-11,26H,1H3,(H,25,29)(H4,22,23,28). The highest BCUT2D eigenvalue weighted by molar-refractivity contribution is 6.08. The third-order valence-corrected chi connectivity index (χ3v) is 4.46. The maximum absolute atomic E-state index is 12.7. The summed E-state index contributed by atoms with van der Waals surface area (Å²) in [5.41, 5.74) is 14.9. The summed E-state index contributed by atoms with van der Waals surface area (Å²) < 4.78 is 0. The molecule has 0 aliphatic rings. The van der Waals surface area contributed by atoms with Crippen molar-refractivity contribution in [2.45, 2.75) is 6.92 Å². The SMILES string of the molecule is CC(=NN=C(N)N)c1ccc2[nH]c(C(=O)Nc3ccc4cccnc4c3)cc2c1. The lowest BCUT2D eigenvalue weighted by molar-refractivity contribution is 0.102. The van der Waals surface area contributed by atoms with Gasteiger partial charge in [-0.05, 0) is 48.9 Å². The van der Waals surface area contributed by atoms with Crippen molar-refractivity contribution in [2.24, 2.45) is 21.7 Å². The van der Waals surface area contributed by atoms with Crippen LogP contribution >= 0.6 is 0 Å². The molecule has 0 unspecified atom stereocenters. The minimum absolute atomic E-state index is 0.102. The highest BCUT2D eigenvalue weighted by atomic mass is 16.1. The molecule has 0 bridgehead atoms. The molecule has 0 saturated carbocycles. The Bertz CT molecular complexity index is 1280. The van der Waals surface area contributed by atoms with Crippen LogP contribution in [0.15, 0.2) is 71.0 Å². The van der Waals surface area contributed by atoms with Crippen LogP contribution in [-0.2, 0) is 0 Å². The van der Waals surface area contributed by atoms with Gasteiger partial charge < -0.3 is 21.8 Å². The van der Waals surface area contributed by atoms with E-state index in [-0.39, 0.29) is 11.9 Å². The first-order chi connectivity index (χ1) is 14.0. The fraction of sp³-hybridized carbons (Fsp3) is 0.0476. The lowest BCUT2D eigenvalue weighted by atomic mass is 10.1. The second-order valence-corrected chi connectivity index (χ2v) is 6.56. The lowest BCUT2D eigenvalue weighted by Crippen LogP contribution is -2.22. The molecule has 8 nitrogen and oxygen atoms in total. The predicted octanol–water partition coefficient (Wildman–Crippen LogP) is 2.97. The summed E-state index contributed by atoms with van der Waals surface area (Å²) in [6.07, 6.45) is 1.72. The number of anilines is 1. The molecular formula is C21H19N7O. The third kappa shape index (κ3) is 3.91. The van der Waals surface area contributed by atoms with Crippen LogP contribution in [0.1, 0.15) is 23.0 Å². The number of guanidine groups is 1. The van der Waals surface area contributed by atoms with Crippen molar-refractivity contribution in [3.8, 4) is 0 Å². The first-order valence-electron chi connectivity index (χ1n) is 8.92. The van der Waals surface area contributed by atoms with Gasteiger partial charge in [-0.3, -0.25) is 9.78 Å². The van der Waals surface area contributed by atoms with E-state index in [2.05, 4.69) is 25.5 Å². The van der Waals surface area contributed by atoms with Gasteiger partial charge in [-0.2, -0.15) is 5.10 Å². The number of nitrogens with two attached hydrogens (primary N) is 2. The zero-order chi connectivity index (χ0) is 20.4. The maximum Gasteiger partial charge on any atom is 0.272 e. The molecule has 29 heavy (non-hydrogen) atoms. The molecule has 1 amide bonds. The Balaban J connectivity index is 1.59. The van der Waals surface area contributed by atoms with Gasteiger partial charge in [0, 0.05) is 28.2 Å². The van der Waals surface area contributed by atoms with Gasteiger partial charge in [-0.25, -0.2) is 0 Å². The molecule has 6 N–H and O–H groups in total. The summed E-state index contributed by atoms with van der Waals surface area (Å²) in [6, 6.07) is 17.0. The Morgan fingerprint density at radius 1 is 1.03 bits per heavy atom. The number of aromatic amines is 1. The van der Waals surface area contributed by atoms with Gasteiger partial charge in [0.1, 0.15) is 5.69 Å². The molecule has 2 aromatic carbocycles. The molecular weight excluding hydrogens is 366 g/mol. The summed E-state index contributed by atoms with van der Waals surface area (Å²) >= 11 is 0. The highest BCUT2D eigenvalue weighted by Crippen LogP contribution is 2.21. The van der Waals surface area contributed by atoms with E-state index in [1.807, 2.05) is 55.5 Å². The van der Waals surface area contributed by atoms with Crippen LogP contribution in [0.25, 0.3) is 21.8 Å². The summed E-state index contributed by atoms with van der Waals surface area (Å²) in [5, 5.41) is 12.4. The van der Waals surface area contributed by atoms with E-state index in [4.69, 9.17) is 11.5 Å². The van der Waals surface area contributed by atoms with Crippen LogP contribution in [0.5, 0.6) is 0 Å². The second kappa shape index (κ2) is 7.43. The summed E-state index contributed by atoms with van der Waals surface area (Å²) in [7, 11) is 0. The number of fused-ring (bicyclic) bond motifs is 2. The van der Waals surface area contributed by atoms with Crippen molar-refractivity contribution in [3.63, 3.8) is 0 Å². The minimum Gasteiger partial charge on any atom is -0.369 e. The van der Waals surface area contributed by atoms with Crippen LogP contribution in [0.3, 0.4) is 0 Å². The van der Waals surface area contributed by atoms with E-state index in [9.17, 15) is 4.79 Å². The normalized spacial score (nSPS) is 11.6. The first kappa shape index (κ1) is 18.2. The van der Waals surface area contributed by atoms with E-state index in [0.717, 1.165) is 27.4 Å². The fourth-order valence-corrected chi connectivity index (χ4v) is 3.01. The Hall–Kier alpha value is -4.20. The molecule has 0 aliphatic carbocycles. The third-order valence-electron chi connectivity index (χ3n) is 4.46. The Kier molecular flexibility index (Phi) is 4.66. The Morgan fingerprint density at radius 3 is 2.72 bits per heavy atom. The number of rotatable bonds is 4. The van der Waals surface area contributed by atoms with E-state index >= 15 is 0 Å². The predicted molar refractivity (Wildman–Crippen MR) is 116 cm³/mol. The van der Waals surface area contributed by atoms with Gasteiger partial charge in [0.15, 0.2) is 0 Å². The molecule has 0 atom stereocenters. The number of carbonyl (C=O) groups is 1. The van der Waals surface area contributed by atoms with Crippen LogP contribution in [0.4, 0.5) is 5.69 Å². The van der Waals surface area contributed by atoms with Crippen molar-refractivity contribution < 1.29 is 4.79 Å². The van der Waals surface area contributed by atoms with Crippen molar-refractivity contribution >= 4 is 45.1 Å². The van der Waals surface area contributed by atoms with E-state index < -0.39 is 0 Å². The molecule has 0 spiro atoms. The van der Waals surface area contributed by atoms with Crippen LogP contribution < -0.4 is 16.8 Å². The van der Waals surface area contributed by atoms with Gasteiger partial charge in [0.2, 0.25) is 5.96 Å². The lowest BCUT2D eigenvalue weighted by Gasteiger charge is -2.05. The van der Waals surface area contributed by atoms with E-state index in [1.165, 1.54) is 0 Å². The number of aromatic nitrogens is 2. The molecule has 4 aromatic rings. The molecule has 0 saturated heterocycles. The fourth-order valence-electron chi connectivity index (χ4n) is 3.01. The summed E-state index contributed by atoms with van der Waals surface area (Å²) in [6.45, 7) is 1.81. The molecule has 0 radical (unpaired) electrons. The first-order valence-corrected chi connectivity index (χ1v) is 8.92. The van der Waals surface area contributed by atoms with Crippen molar-refractivity contribution in [3.05, 3.63) is 72.1 Å². The van der Waals surface area contributed by atoms with Crippen LogP contribution in [0, 0.1) is 0 Å². The molecule has 0 aliphatic heterocycles. The van der Waals surface area contributed by atoms with E-state index in [1.54, 1.807) is 12.3 Å². The summed E-state index contributed by atoms with van der Waals surface area (Å²) in [4.78, 5) is 20.1. The summed E-state index contributed by atoms with van der Waals surface area (Å²) in [5.74, 6) is -0.334. The van der Waals surface area contributed by atoms with Crippen molar-refractivity contribution in [1.29, 1.82) is 0 Å². The maximum atomic E-state index is 12.7. The number of nitrogens with one attached hydrogen (secondary N) is 2. The molecule has 0 fully saturated rings. The molecule has 144 valence electrons. The Morgan fingerprint density at radius 2 is 1.90 bits per heavy atom.